The van der Waals surface area contributed by atoms with Gasteiger partial charge in [-0.25, -0.2) is 23.4 Å². The van der Waals surface area contributed by atoms with Crippen LogP contribution in [0.25, 0.3) is 0 Å². The number of rotatable bonds is 9. The van der Waals surface area contributed by atoms with Crippen LogP contribution in [-0.2, 0) is 23.5 Å². The van der Waals surface area contributed by atoms with Crippen LogP contribution < -0.4 is 89.2 Å². The zero-order valence-electron chi connectivity index (χ0n) is 21.8. The summed E-state index contributed by atoms with van der Waals surface area (Å²) in [6, 6.07) is 7.14. The molecule has 1 amide bonds. The van der Waals surface area contributed by atoms with E-state index < -0.39 is 10.4 Å². The molecule has 40 heavy (non-hydrogen) atoms. The molecule has 1 aromatic carbocycles. The minimum absolute atomic E-state index is 0. The van der Waals surface area contributed by atoms with Crippen molar-refractivity contribution < 1.29 is 101 Å². The van der Waals surface area contributed by atoms with Crippen LogP contribution in [0.1, 0.15) is 34.6 Å². The summed E-state index contributed by atoms with van der Waals surface area (Å²) < 4.78 is 38.0. The first-order chi connectivity index (χ1) is 18.6. The van der Waals surface area contributed by atoms with Gasteiger partial charge in [0, 0.05) is 31.7 Å². The predicted octanol–water partition coefficient (Wildman–Crippen LogP) is -1.56. The molecule has 3 heterocycles. The molecular formula is C23H27ClCsN7O7S. The van der Waals surface area contributed by atoms with Crippen LogP contribution >= 0.6 is 11.6 Å². The van der Waals surface area contributed by atoms with Gasteiger partial charge >= 0.3 is 68.9 Å². The summed E-state index contributed by atoms with van der Waals surface area (Å²) in [5.74, 6) is 1.58. The molecule has 1 unspecified atom stereocenters. The first-order valence-electron chi connectivity index (χ1n) is 11.6. The molecule has 14 nitrogen and oxygen atoms in total. The summed E-state index contributed by atoms with van der Waals surface area (Å²) in [5.41, 5.74) is 1.18. The number of methoxy groups -OCH3 is 1. The molecule has 0 radical (unpaired) electrons. The van der Waals surface area contributed by atoms with Crippen LogP contribution in [0.4, 0.5) is 11.8 Å². The number of benzene rings is 1. The maximum absolute atomic E-state index is 13.0. The van der Waals surface area contributed by atoms with Gasteiger partial charge in [0.15, 0.2) is 0 Å². The number of amides is 1. The molecule has 4 rings (SSSR count). The quantitative estimate of drug-likeness (QED) is 0.147. The maximum Gasteiger partial charge on any atom is 1.00 e. The van der Waals surface area contributed by atoms with Crippen LogP contribution in [0, 0.1) is 0 Å². The Hall–Kier alpha value is -1.58. The van der Waals surface area contributed by atoms with Crippen molar-refractivity contribution in [1.82, 2.24) is 25.3 Å². The topological polar surface area (TPSA) is 203 Å². The second kappa shape index (κ2) is 16.8. The van der Waals surface area contributed by atoms with E-state index >= 15 is 0 Å². The molecule has 1 saturated heterocycles. The Kier molecular flexibility index (Phi) is 14.5. The van der Waals surface area contributed by atoms with Crippen LogP contribution in [-0.4, -0.2) is 74.8 Å². The van der Waals surface area contributed by atoms with E-state index in [0.717, 1.165) is 24.9 Å². The van der Waals surface area contributed by atoms with Crippen molar-refractivity contribution >= 4 is 39.7 Å². The minimum atomic E-state index is -4.92. The summed E-state index contributed by atoms with van der Waals surface area (Å²) in [4.78, 5) is 32.2. The van der Waals surface area contributed by atoms with Crippen molar-refractivity contribution in [1.29, 1.82) is 0 Å². The zero-order chi connectivity index (χ0) is 28.4. The smallest absolute Gasteiger partial charge is 0.726 e. The molecule has 1 aliphatic heterocycles. The van der Waals surface area contributed by atoms with E-state index in [1.165, 1.54) is 6.20 Å². The van der Waals surface area contributed by atoms with Crippen LogP contribution in [0.15, 0.2) is 42.9 Å². The SMILES string of the molecule is COc1ccc(CNc2nc(N3CCCC3CO)ncc2C(=O)NCc2ncccn2)cc1Cl.O=S(=O)([O-])O.[Cs+]. The standard InChI is InChI=1S/C23H26ClN7O3.Cs.H2O4S/c1-34-19-6-5-15(10-18(19)24)11-27-21-17(22(33)28-13-20-25-7-3-8-26-20)12-29-23(30-21)31-9-2-4-16(31)14-32;;1-5(2,3)4/h3,5-8,10,12,16,32H,2,4,9,11,13-14H2,1H3,(H,28,33)(H,27,29,30);;(H2,1,2,3,4)/q;+1;/p-1. The van der Waals surface area contributed by atoms with Crippen molar-refractivity contribution in [2.45, 2.75) is 32.0 Å². The van der Waals surface area contributed by atoms with Gasteiger partial charge in [-0.2, -0.15) is 4.98 Å². The summed E-state index contributed by atoms with van der Waals surface area (Å²) in [6.07, 6.45) is 6.55. The second-order valence-corrected chi connectivity index (χ2v) is 9.46. The Balaban J connectivity index is 0.000000858. The minimum Gasteiger partial charge on any atom is -0.726 e. The summed E-state index contributed by atoms with van der Waals surface area (Å²) in [5, 5.41) is 16.2. The average Bonchev–Trinajstić information content (AvgIpc) is 3.39. The normalized spacial score (nSPS) is 14.4. The van der Waals surface area contributed by atoms with Crippen molar-refractivity contribution in [3.8, 4) is 5.75 Å². The van der Waals surface area contributed by atoms with Gasteiger partial charge in [0.05, 0.1) is 31.3 Å². The molecule has 4 N–H and O–H groups in total. The van der Waals surface area contributed by atoms with Gasteiger partial charge in [-0.15, -0.1) is 0 Å². The summed E-state index contributed by atoms with van der Waals surface area (Å²) >= 11 is 6.25. The molecule has 1 fully saturated rings. The van der Waals surface area contributed by atoms with Crippen molar-refractivity contribution in [3.63, 3.8) is 0 Å². The maximum atomic E-state index is 13.0. The van der Waals surface area contributed by atoms with E-state index in [0.29, 0.717) is 40.5 Å². The van der Waals surface area contributed by atoms with E-state index in [2.05, 4.69) is 30.6 Å². The van der Waals surface area contributed by atoms with Crippen LogP contribution in [0.3, 0.4) is 0 Å². The number of aliphatic hydroxyl groups excluding tert-OH is 1. The Labute approximate surface area is 295 Å². The van der Waals surface area contributed by atoms with Gasteiger partial charge < -0.3 is 29.9 Å². The number of carbonyl (C=O) groups excluding carboxylic acids is 1. The van der Waals surface area contributed by atoms with E-state index in [1.54, 1.807) is 37.7 Å². The third-order valence-electron chi connectivity index (χ3n) is 5.57. The zero-order valence-corrected chi connectivity index (χ0v) is 29.7. The Morgan fingerprint density at radius 2 is 1.95 bits per heavy atom. The number of halogens is 1. The third-order valence-corrected chi connectivity index (χ3v) is 5.86. The number of nitrogens with one attached hydrogen (secondary N) is 2. The number of anilines is 2. The van der Waals surface area contributed by atoms with Gasteiger partial charge in [0.25, 0.3) is 5.91 Å². The number of carbonyl (C=O) groups is 1. The molecule has 17 heteroatoms. The van der Waals surface area contributed by atoms with Gasteiger partial charge in [-0.05, 0) is 36.6 Å². The molecular weight excluding hydrogens is 687 g/mol. The molecule has 210 valence electrons. The molecule has 2 aromatic heterocycles. The fourth-order valence-corrected chi connectivity index (χ4v) is 4.06. The Morgan fingerprint density at radius 3 is 2.58 bits per heavy atom. The first kappa shape index (κ1) is 34.6. The van der Waals surface area contributed by atoms with Gasteiger partial charge in [0.1, 0.15) is 23.0 Å². The molecule has 0 saturated carbocycles. The van der Waals surface area contributed by atoms with Crippen molar-refractivity contribution in [3.05, 3.63) is 64.8 Å². The van der Waals surface area contributed by atoms with E-state index in [1.807, 2.05) is 11.0 Å². The second-order valence-electron chi connectivity index (χ2n) is 8.20. The molecule has 0 aliphatic carbocycles. The number of hydrogen-bond acceptors (Lipinski definition) is 12. The van der Waals surface area contributed by atoms with Crippen LogP contribution in [0.2, 0.25) is 5.02 Å². The van der Waals surface area contributed by atoms with E-state index in [-0.39, 0.29) is 94.0 Å². The first-order valence-corrected chi connectivity index (χ1v) is 13.4. The average molecular weight is 714 g/mol. The van der Waals surface area contributed by atoms with Gasteiger partial charge in [-0.1, -0.05) is 17.7 Å². The van der Waals surface area contributed by atoms with Crippen molar-refractivity contribution in [2.75, 3.05) is 30.5 Å². The van der Waals surface area contributed by atoms with Gasteiger partial charge in [0.2, 0.25) is 16.3 Å². The molecule has 1 atom stereocenters. The third kappa shape index (κ3) is 11.0. The van der Waals surface area contributed by atoms with E-state index in [4.69, 9.17) is 33.9 Å². The monoisotopic (exact) mass is 713 g/mol. The summed E-state index contributed by atoms with van der Waals surface area (Å²) in [6.45, 7) is 1.32. The largest absolute Gasteiger partial charge is 1.00 e. The summed E-state index contributed by atoms with van der Waals surface area (Å²) in [7, 11) is -3.36. The predicted molar refractivity (Wildman–Crippen MR) is 140 cm³/mol. The molecule has 0 bridgehead atoms. The fourth-order valence-electron chi connectivity index (χ4n) is 3.78. The number of aromatic nitrogens is 4. The van der Waals surface area contributed by atoms with Crippen LogP contribution in [0.5, 0.6) is 5.75 Å². The fraction of sp³-hybridized carbons (Fsp3) is 0.348. The Bertz CT molecular complexity index is 1360. The van der Waals surface area contributed by atoms with Crippen molar-refractivity contribution in [2.24, 2.45) is 0 Å². The number of aliphatic hydroxyl groups is 1. The Morgan fingerprint density at radius 1 is 1.25 bits per heavy atom. The van der Waals surface area contributed by atoms with E-state index in [9.17, 15) is 9.90 Å². The molecule has 3 aromatic rings. The molecule has 0 spiro atoms. The van der Waals surface area contributed by atoms with Gasteiger partial charge in [-0.3, -0.25) is 9.35 Å². The number of nitrogens with zero attached hydrogens (tertiary/aromatic N) is 5. The molecule has 1 aliphatic rings. The number of ether oxygens (including phenoxy) is 1. The number of hydrogen-bond donors (Lipinski definition) is 4.